The number of nitrogens with zero attached hydrogens (tertiary/aromatic N) is 1. The second kappa shape index (κ2) is 7.85. The maximum atomic E-state index is 11.0. The minimum atomic E-state index is -4.23. The van der Waals surface area contributed by atoms with Gasteiger partial charge in [-0.2, -0.15) is 0 Å². The fourth-order valence-electron chi connectivity index (χ4n) is 2.81. The van der Waals surface area contributed by atoms with E-state index in [4.69, 9.17) is 17.0 Å². The zero-order valence-electron chi connectivity index (χ0n) is 14.4. The molecule has 0 amide bonds. The van der Waals surface area contributed by atoms with Crippen LogP contribution in [0.1, 0.15) is 19.8 Å². The monoisotopic (exact) mass is 428 g/mol. The Labute approximate surface area is 166 Å². The number of hydrogen-bond donors (Lipinski definition) is 0. The van der Waals surface area contributed by atoms with Crippen LogP contribution in [0.2, 0.25) is 0 Å². The number of anilines is 1. The van der Waals surface area contributed by atoms with E-state index in [0.29, 0.717) is 6.54 Å². The van der Waals surface area contributed by atoms with Gasteiger partial charge in [0, 0.05) is 27.4 Å². The third-order valence-electron chi connectivity index (χ3n) is 4.02. The van der Waals surface area contributed by atoms with Crippen LogP contribution in [0.25, 0.3) is 10.1 Å². The number of methoxy groups -OCH3 is 1. The van der Waals surface area contributed by atoms with Crippen LogP contribution in [0.3, 0.4) is 0 Å². The summed E-state index contributed by atoms with van der Waals surface area (Å²) in [6, 6.07) is 4.02. The van der Waals surface area contributed by atoms with Crippen molar-refractivity contribution in [2.24, 2.45) is 0 Å². The molecule has 0 saturated carbocycles. The van der Waals surface area contributed by atoms with Gasteiger partial charge in [0.25, 0.3) is 0 Å². The van der Waals surface area contributed by atoms with Crippen molar-refractivity contribution in [2.75, 3.05) is 24.3 Å². The van der Waals surface area contributed by atoms with Crippen LogP contribution in [-0.4, -0.2) is 37.2 Å². The number of rotatable bonds is 7. The fraction of sp³-hybridized carbons (Fsp3) is 0.353. The minimum absolute atomic E-state index is 0.265. The average molecular weight is 429 g/mol. The molecule has 0 fully saturated rings. The lowest BCUT2D eigenvalue weighted by molar-refractivity contribution is 0.419. The lowest BCUT2D eigenvalue weighted by Gasteiger charge is -2.22. The molecule has 0 radical (unpaired) electrons. The summed E-state index contributed by atoms with van der Waals surface area (Å²) in [6.45, 7) is 2.44. The van der Waals surface area contributed by atoms with E-state index < -0.39 is 10.1 Å². The predicted octanol–water partition coefficient (Wildman–Crippen LogP) is 4.38. The van der Waals surface area contributed by atoms with Gasteiger partial charge in [-0.15, -0.1) is 11.3 Å². The number of hydrogen-bond acceptors (Lipinski definition) is 8. The van der Waals surface area contributed by atoms with Crippen molar-refractivity contribution in [3.8, 4) is 5.75 Å². The highest BCUT2D eigenvalue weighted by Crippen LogP contribution is 2.53. The molecule has 1 aromatic carbocycles. The third kappa shape index (κ3) is 4.07. The number of thioether (sulfide) groups is 1. The minimum Gasteiger partial charge on any atom is -0.748 e. The maximum Gasteiger partial charge on any atom is 0.128 e. The molecule has 2 heterocycles. The summed E-state index contributed by atoms with van der Waals surface area (Å²) in [5.74, 6) is 0.438. The molecule has 0 N–H and O–H groups in total. The molecule has 0 aliphatic carbocycles. The first-order valence-corrected chi connectivity index (χ1v) is 11.7. The van der Waals surface area contributed by atoms with Gasteiger partial charge < -0.3 is 14.2 Å². The number of thiophene rings is 1. The largest absolute Gasteiger partial charge is 0.748 e. The van der Waals surface area contributed by atoms with E-state index in [1.165, 1.54) is 0 Å². The summed E-state index contributed by atoms with van der Waals surface area (Å²) in [5.41, 5.74) is 1.04. The average Bonchev–Trinajstić information content (AvgIpc) is 3.17. The molecule has 0 atom stereocenters. The first-order valence-electron chi connectivity index (χ1n) is 8.05. The van der Waals surface area contributed by atoms with Crippen molar-refractivity contribution in [1.82, 2.24) is 0 Å². The Morgan fingerprint density at radius 1 is 1.46 bits per heavy atom. The molecule has 0 saturated heterocycles. The van der Waals surface area contributed by atoms with Crippen molar-refractivity contribution in [3.63, 3.8) is 0 Å². The number of allylic oxidation sites excluding steroid dienone is 1. The first-order chi connectivity index (χ1) is 12.3. The van der Waals surface area contributed by atoms with Gasteiger partial charge >= 0.3 is 0 Å². The Kier molecular flexibility index (Phi) is 5.93. The molecule has 0 bridgehead atoms. The Morgan fingerprint density at radius 3 is 2.88 bits per heavy atom. The van der Waals surface area contributed by atoms with Crippen molar-refractivity contribution in [2.45, 2.75) is 24.7 Å². The molecule has 9 heteroatoms. The Morgan fingerprint density at radius 2 is 2.23 bits per heavy atom. The molecule has 3 rings (SSSR count). The Hall–Kier alpha value is -1.13. The van der Waals surface area contributed by atoms with Crippen LogP contribution in [0, 0.1) is 0 Å². The molecular formula is C17H18NO4S4-. The van der Waals surface area contributed by atoms with Crippen LogP contribution < -0.4 is 9.64 Å². The lowest BCUT2D eigenvalue weighted by atomic mass is 10.2. The second-order valence-corrected chi connectivity index (χ2v) is 9.79. The second-order valence-electron chi connectivity index (χ2n) is 5.76. The van der Waals surface area contributed by atoms with E-state index in [-0.39, 0.29) is 12.2 Å². The predicted molar refractivity (Wildman–Crippen MR) is 112 cm³/mol. The van der Waals surface area contributed by atoms with E-state index in [9.17, 15) is 13.0 Å². The lowest BCUT2D eigenvalue weighted by Crippen LogP contribution is -2.22. The van der Waals surface area contributed by atoms with Gasteiger partial charge in [0.15, 0.2) is 0 Å². The zero-order valence-corrected chi connectivity index (χ0v) is 17.6. The summed E-state index contributed by atoms with van der Waals surface area (Å²) >= 11 is 8.58. The van der Waals surface area contributed by atoms with Gasteiger partial charge in [0.1, 0.15) is 5.75 Å². The van der Waals surface area contributed by atoms with Gasteiger partial charge in [-0.1, -0.05) is 30.9 Å². The highest BCUT2D eigenvalue weighted by Gasteiger charge is 2.29. The zero-order chi connectivity index (χ0) is 18.9. The fourth-order valence-corrected chi connectivity index (χ4v) is 5.71. The van der Waals surface area contributed by atoms with Gasteiger partial charge in [-0.25, -0.2) is 8.42 Å². The molecule has 26 heavy (non-hydrogen) atoms. The summed E-state index contributed by atoms with van der Waals surface area (Å²) in [5, 5.41) is 3.99. The number of fused-ring (bicyclic) bond motifs is 3. The van der Waals surface area contributed by atoms with E-state index in [2.05, 4.69) is 4.90 Å². The summed E-state index contributed by atoms with van der Waals surface area (Å²) in [4.78, 5) is 3.95. The van der Waals surface area contributed by atoms with Gasteiger partial charge in [-0.05, 0) is 36.4 Å². The SMILES string of the molecule is CCC(=S)C=C1Sc2cc(OC)c3ccsc3c2N1CCCS(=O)(=O)[O-]. The van der Waals surface area contributed by atoms with Crippen LogP contribution in [0.15, 0.2) is 33.5 Å². The van der Waals surface area contributed by atoms with E-state index in [1.54, 1.807) is 30.2 Å². The molecule has 1 aliphatic rings. The molecule has 0 spiro atoms. The molecule has 0 unspecified atom stereocenters. The molecule has 5 nitrogen and oxygen atoms in total. The molecule has 2 aromatic rings. The topological polar surface area (TPSA) is 69.7 Å². The first kappa shape index (κ1) is 19.6. The Balaban J connectivity index is 2.04. The maximum absolute atomic E-state index is 11.0. The number of ether oxygens (including phenoxy) is 1. The van der Waals surface area contributed by atoms with E-state index in [0.717, 1.165) is 42.7 Å². The van der Waals surface area contributed by atoms with Gasteiger partial charge in [0.05, 0.1) is 32.6 Å². The standard InChI is InChI=1S/C17H19NO4S4/c1-3-11(23)9-15-18(6-4-8-26(19,20)21)16-14(25-15)10-13(22-2)12-5-7-24-17(12)16/h5,7,9-10H,3-4,6,8H2,1-2H3,(H,19,20,21)/p-1. The highest BCUT2D eigenvalue weighted by molar-refractivity contribution is 8.03. The third-order valence-corrected chi connectivity index (χ3v) is 7.22. The van der Waals surface area contributed by atoms with Gasteiger partial charge in [0.2, 0.25) is 0 Å². The van der Waals surface area contributed by atoms with Crippen molar-refractivity contribution < 1.29 is 17.7 Å². The molecular weight excluding hydrogens is 410 g/mol. The normalized spacial score (nSPS) is 15.7. The summed E-state index contributed by atoms with van der Waals surface area (Å²) < 4.78 is 39.5. The molecule has 1 aromatic heterocycles. The van der Waals surface area contributed by atoms with Crippen molar-refractivity contribution in [3.05, 3.63) is 28.6 Å². The quantitative estimate of drug-likeness (QED) is 0.368. The highest BCUT2D eigenvalue weighted by atomic mass is 32.2. The Bertz CT molecular complexity index is 978. The molecule has 1 aliphatic heterocycles. The van der Waals surface area contributed by atoms with E-state index in [1.807, 2.05) is 30.5 Å². The van der Waals surface area contributed by atoms with E-state index >= 15 is 0 Å². The van der Waals surface area contributed by atoms with Crippen molar-refractivity contribution >= 4 is 66.1 Å². The van der Waals surface area contributed by atoms with Gasteiger partial charge in [-0.3, -0.25) is 0 Å². The van der Waals surface area contributed by atoms with Crippen LogP contribution in [0.4, 0.5) is 5.69 Å². The van der Waals surface area contributed by atoms with Crippen molar-refractivity contribution in [1.29, 1.82) is 0 Å². The van der Waals surface area contributed by atoms with Crippen LogP contribution in [-0.2, 0) is 10.1 Å². The number of benzene rings is 1. The molecule has 140 valence electrons. The number of thiocarbonyl (C=S) groups is 1. The van der Waals surface area contributed by atoms with Crippen LogP contribution >= 0.6 is 35.3 Å². The smallest absolute Gasteiger partial charge is 0.128 e. The summed E-state index contributed by atoms with van der Waals surface area (Å²) in [6.07, 6.45) is 2.98. The van der Waals surface area contributed by atoms with Crippen LogP contribution in [0.5, 0.6) is 5.75 Å². The summed E-state index contributed by atoms with van der Waals surface area (Å²) in [7, 11) is -2.58.